The third-order valence-electron chi connectivity index (χ3n) is 3.08. The predicted molar refractivity (Wildman–Crippen MR) is 82.1 cm³/mol. The molecule has 0 atom stereocenters. The van der Waals surface area contributed by atoms with Gasteiger partial charge >= 0.3 is 0 Å². The van der Waals surface area contributed by atoms with Crippen LogP contribution in [0, 0.1) is 0 Å². The fourth-order valence-electron chi connectivity index (χ4n) is 2.19. The molecule has 2 heterocycles. The van der Waals surface area contributed by atoms with Gasteiger partial charge in [-0.15, -0.1) is 0 Å². The number of rotatable bonds is 5. The zero-order valence-electron chi connectivity index (χ0n) is 12.1. The molecule has 0 radical (unpaired) electrons. The molecule has 0 saturated heterocycles. The highest BCUT2D eigenvalue weighted by molar-refractivity contribution is 5.81. The van der Waals surface area contributed by atoms with E-state index in [1.807, 2.05) is 43.3 Å². The van der Waals surface area contributed by atoms with Crippen molar-refractivity contribution >= 4 is 16.8 Å². The van der Waals surface area contributed by atoms with Gasteiger partial charge in [0, 0.05) is 25.1 Å². The lowest BCUT2D eigenvalue weighted by Gasteiger charge is -2.07. The summed E-state index contributed by atoms with van der Waals surface area (Å²) in [6, 6.07) is 11.7. The molecule has 3 aromatic rings. The van der Waals surface area contributed by atoms with Crippen LogP contribution in [0.15, 0.2) is 40.8 Å². The van der Waals surface area contributed by atoms with Crippen molar-refractivity contribution in [2.45, 2.75) is 13.5 Å². The van der Waals surface area contributed by atoms with E-state index in [-0.39, 0.29) is 0 Å². The van der Waals surface area contributed by atoms with Crippen molar-refractivity contribution in [2.24, 2.45) is 0 Å². The van der Waals surface area contributed by atoms with E-state index in [0.717, 1.165) is 29.0 Å². The van der Waals surface area contributed by atoms with Gasteiger partial charge < -0.3 is 14.5 Å². The fraction of sp³-hybridized carbons (Fsp3) is 0.250. The molecule has 0 fully saturated rings. The maximum atomic E-state index is 5.83. The molecule has 1 N–H and O–H groups in total. The third kappa shape index (κ3) is 2.87. The van der Waals surface area contributed by atoms with E-state index in [0.29, 0.717) is 18.2 Å². The van der Waals surface area contributed by atoms with Crippen LogP contribution < -0.4 is 5.32 Å². The second kappa shape index (κ2) is 5.93. The molecule has 0 bridgehead atoms. The average molecular weight is 283 g/mol. The Balaban J connectivity index is 2.06. The molecule has 0 aliphatic carbocycles. The quantitative estimate of drug-likeness (QED) is 0.777. The number of furan rings is 1. The molecule has 0 amide bonds. The molecule has 0 unspecified atom stereocenters. The van der Waals surface area contributed by atoms with Gasteiger partial charge in [-0.2, -0.15) is 0 Å². The first kappa shape index (κ1) is 13.6. The van der Waals surface area contributed by atoms with Gasteiger partial charge in [0.25, 0.3) is 0 Å². The van der Waals surface area contributed by atoms with Crippen molar-refractivity contribution < 1.29 is 9.15 Å². The van der Waals surface area contributed by atoms with Crippen molar-refractivity contribution in [1.82, 2.24) is 9.97 Å². The van der Waals surface area contributed by atoms with E-state index in [1.54, 1.807) is 7.11 Å². The van der Waals surface area contributed by atoms with Crippen LogP contribution in [0.2, 0.25) is 0 Å². The number of hydrogen-bond acceptors (Lipinski definition) is 5. The summed E-state index contributed by atoms with van der Waals surface area (Å²) in [6.07, 6.45) is 0. The standard InChI is InChI=1S/C16H17N3O2/c1-3-17-15-9-12(10-20-2)18-16(19-15)14-8-11-6-4-5-7-13(11)21-14/h4-9H,3,10H2,1-2H3,(H,17,18,19). The Kier molecular flexibility index (Phi) is 3.83. The molecule has 0 spiro atoms. The number of fused-ring (bicyclic) bond motifs is 1. The highest BCUT2D eigenvalue weighted by Crippen LogP contribution is 2.26. The minimum atomic E-state index is 0.439. The smallest absolute Gasteiger partial charge is 0.197 e. The van der Waals surface area contributed by atoms with Crippen molar-refractivity contribution in [3.8, 4) is 11.6 Å². The summed E-state index contributed by atoms with van der Waals surface area (Å²) in [6.45, 7) is 3.26. The zero-order chi connectivity index (χ0) is 14.7. The van der Waals surface area contributed by atoms with Crippen molar-refractivity contribution in [3.63, 3.8) is 0 Å². The van der Waals surface area contributed by atoms with Gasteiger partial charge in [0.2, 0.25) is 0 Å². The number of aromatic nitrogens is 2. The number of methoxy groups -OCH3 is 1. The van der Waals surface area contributed by atoms with Crippen LogP contribution in [0.25, 0.3) is 22.6 Å². The number of ether oxygens (including phenoxy) is 1. The van der Waals surface area contributed by atoms with E-state index in [4.69, 9.17) is 9.15 Å². The van der Waals surface area contributed by atoms with Crippen LogP contribution in [-0.2, 0) is 11.3 Å². The monoisotopic (exact) mass is 283 g/mol. The zero-order valence-corrected chi connectivity index (χ0v) is 12.1. The summed E-state index contributed by atoms with van der Waals surface area (Å²) in [5, 5.41) is 4.24. The van der Waals surface area contributed by atoms with Crippen LogP contribution in [0.1, 0.15) is 12.6 Å². The first-order valence-electron chi connectivity index (χ1n) is 6.90. The SMILES string of the molecule is CCNc1cc(COC)nc(-c2cc3ccccc3o2)n1. The molecule has 0 aliphatic rings. The molecule has 5 heteroatoms. The van der Waals surface area contributed by atoms with Crippen molar-refractivity contribution in [1.29, 1.82) is 0 Å². The number of nitrogens with zero attached hydrogens (tertiary/aromatic N) is 2. The van der Waals surface area contributed by atoms with E-state index in [1.165, 1.54) is 0 Å². The average Bonchev–Trinajstić information content (AvgIpc) is 2.92. The minimum Gasteiger partial charge on any atom is -0.453 e. The van der Waals surface area contributed by atoms with E-state index in [2.05, 4.69) is 15.3 Å². The summed E-state index contributed by atoms with van der Waals surface area (Å²) in [5.74, 6) is 2.00. The Morgan fingerprint density at radius 3 is 2.81 bits per heavy atom. The van der Waals surface area contributed by atoms with Crippen molar-refractivity contribution in [2.75, 3.05) is 19.0 Å². The number of nitrogens with one attached hydrogen (secondary N) is 1. The summed E-state index contributed by atoms with van der Waals surface area (Å²) < 4.78 is 11.0. The largest absolute Gasteiger partial charge is 0.453 e. The van der Waals surface area contributed by atoms with Gasteiger partial charge in [-0.3, -0.25) is 0 Å². The van der Waals surface area contributed by atoms with E-state index >= 15 is 0 Å². The Bertz CT molecular complexity index is 695. The van der Waals surface area contributed by atoms with Gasteiger partial charge in [0.1, 0.15) is 11.4 Å². The lowest BCUT2D eigenvalue weighted by molar-refractivity contribution is 0.181. The van der Waals surface area contributed by atoms with Gasteiger partial charge in [-0.05, 0) is 19.1 Å². The maximum absolute atomic E-state index is 5.83. The van der Waals surface area contributed by atoms with E-state index in [9.17, 15) is 0 Å². The molecular weight excluding hydrogens is 266 g/mol. The van der Waals surface area contributed by atoms with Crippen LogP contribution in [0.4, 0.5) is 5.82 Å². The van der Waals surface area contributed by atoms with Gasteiger partial charge in [-0.25, -0.2) is 9.97 Å². The Hall–Kier alpha value is -2.40. The molecule has 108 valence electrons. The molecule has 21 heavy (non-hydrogen) atoms. The van der Waals surface area contributed by atoms with Gasteiger partial charge in [-0.1, -0.05) is 18.2 Å². The lowest BCUT2D eigenvalue weighted by Crippen LogP contribution is -2.04. The fourth-order valence-corrected chi connectivity index (χ4v) is 2.19. The Labute approximate surface area is 123 Å². The highest BCUT2D eigenvalue weighted by Gasteiger charge is 2.11. The van der Waals surface area contributed by atoms with E-state index < -0.39 is 0 Å². The maximum Gasteiger partial charge on any atom is 0.197 e. The molecule has 0 aliphatic heterocycles. The molecule has 3 rings (SSSR count). The normalized spacial score (nSPS) is 11.0. The molecule has 1 aromatic carbocycles. The molecule has 5 nitrogen and oxygen atoms in total. The summed E-state index contributed by atoms with van der Waals surface area (Å²) in [5.41, 5.74) is 1.65. The Morgan fingerprint density at radius 2 is 2.05 bits per heavy atom. The predicted octanol–water partition coefficient (Wildman–Crippen LogP) is 3.47. The second-order valence-electron chi connectivity index (χ2n) is 4.68. The van der Waals surface area contributed by atoms with Crippen molar-refractivity contribution in [3.05, 3.63) is 42.1 Å². The van der Waals surface area contributed by atoms with Crippen LogP contribution in [-0.4, -0.2) is 23.6 Å². The second-order valence-corrected chi connectivity index (χ2v) is 4.68. The van der Waals surface area contributed by atoms with Crippen LogP contribution in [0.3, 0.4) is 0 Å². The first-order valence-corrected chi connectivity index (χ1v) is 6.90. The number of benzene rings is 1. The highest BCUT2D eigenvalue weighted by atomic mass is 16.5. The number of anilines is 1. The molecule has 0 saturated carbocycles. The summed E-state index contributed by atoms with van der Waals surface area (Å²) >= 11 is 0. The first-order chi connectivity index (χ1) is 10.3. The third-order valence-corrected chi connectivity index (χ3v) is 3.08. The summed E-state index contributed by atoms with van der Waals surface area (Å²) in [7, 11) is 1.65. The van der Waals surface area contributed by atoms with Gasteiger partial charge in [0.15, 0.2) is 11.6 Å². The number of para-hydroxylation sites is 1. The topological polar surface area (TPSA) is 60.2 Å². The lowest BCUT2D eigenvalue weighted by atomic mass is 10.2. The van der Waals surface area contributed by atoms with Crippen LogP contribution >= 0.6 is 0 Å². The molecule has 2 aromatic heterocycles. The number of hydrogen-bond donors (Lipinski definition) is 1. The van der Waals surface area contributed by atoms with Gasteiger partial charge in [0.05, 0.1) is 12.3 Å². The summed E-state index contributed by atoms with van der Waals surface area (Å²) in [4.78, 5) is 9.00. The van der Waals surface area contributed by atoms with Crippen LogP contribution in [0.5, 0.6) is 0 Å². The minimum absolute atomic E-state index is 0.439. The Morgan fingerprint density at radius 1 is 1.19 bits per heavy atom. The molecular formula is C16H17N3O2.